The van der Waals surface area contributed by atoms with Gasteiger partial charge >= 0.3 is 6.18 Å². The third-order valence-corrected chi connectivity index (χ3v) is 8.20. The molecule has 1 N–H and O–H groups in total. The number of hydrogen-bond donors (Lipinski definition) is 1. The van der Waals surface area contributed by atoms with Crippen LogP contribution in [0.5, 0.6) is 0 Å². The first-order valence-electron chi connectivity index (χ1n) is 11.7. The summed E-state index contributed by atoms with van der Waals surface area (Å²) in [5.41, 5.74) is 2.61. The number of anilines is 2. The van der Waals surface area contributed by atoms with Crippen LogP contribution in [-0.4, -0.2) is 56.5 Å². The van der Waals surface area contributed by atoms with Gasteiger partial charge in [0, 0.05) is 50.2 Å². The molecule has 3 aromatic rings. The first kappa shape index (κ1) is 24.5. The molecule has 1 aliphatic heterocycles. The Bertz CT molecular complexity index is 1360. The van der Waals surface area contributed by atoms with Gasteiger partial charge in [0.1, 0.15) is 0 Å². The molecule has 0 bridgehead atoms. The Morgan fingerprint density at radius 2 is 1.67 bits per heavy atom. The highest BCUT2D eigenvalue weighted by molar-refractivity contribution is 7.92. The molecule has 2 aromatic carbocycles. The van der Waals surface area contributed by atoms with Gasteiger partial charge in [-0.15, -0.1) is 0 Å². The second-order valence-electron chi connectivity index (χ2n) is 9.19. The Morgan fingerprint density at radius 1 is 0.972 bits per heavy atom. The summed E-state index contributed by atoms with van der Waals surface area (Å²) in [6.45, 7) is 2.84. The topological polar surface area (TPSA) is 78.4 Å². The molecule has 2 heterocycles. The van der Waals surface area contributed by atoms with Crippen molar-refractivity contribution in [1.82, 2.24) is 14.9 Å². The van der Waals surface area contributed by atoms with Gasteiger partial charge in [-0.05, 0) is 66.9 Å². The minimum absolute atomic E-state index is 0.0163. The summed E-state index contributed by atoms with van der Waals surface area (Å²) in [7, 11) is -1.88. The highest BCUT2D eigenvalue weighted by Crippen LogP contribution is 2.44. The van der Waals surface area contributed by atoms with Crippen molar-refractivity contribution in [2.75, 3.05) is 42.8 Å². The van der Waals surface area contributed by atoms with Crippen LogP contribution in [0.3, 0.4) is 0 Å². The standard InChI is InChI=1S/C25H26F3N5O2S/c1-32-11-13-33(14-12-32)23-16-18(25(26,27)28)4-7-22(23)21-6-3-17-15-19(5-8-20(17)21)36(34,35)31-24-29-9-2-10-30-24/h2,4-5,7-10,15-16,21H,3,6,11-14H2,1H3,(H,29,30,31)/t21-/m0/s1. The molecule has 1 aromatic heterocycles. The molecule has 0 radical (unpaired) electrons. The van der Waals surface area contributed by atoms with Crippen molar-refractivity contribution in [3.63, 3.8) is 0 Å². The number of nitrogens with zero attached hydrogens (tertiary/aromatic N) is 4. The molecule has 5 rings (SSSR count). The number of rotatable bonds is 5. The lowest BCUT2D eigenvalue weighted by atomic mass is 9.90. The number of sulfonamides is 1. The average Bonchev–Trinajstić information content (AvgIpc) is 3.27. The van der Waals surface area contributed by atoms with Crippen molar-refractivity contribution in [2.45, 2.75) is 29.8 Å². The van der Waals surface area contributed by atoms with Crippen LogP contribution in [0.1, 0.15) is 34.6 Å². The fourth-order valence-electron chi connectivity index (χ4n) is 4.95. The number of hydrogen-bond acceptors (Lipinski definition) is 6. The predicted molar refractivity (Wildman–Crippen MR) is 131 cm³/mol. The van der Waals surface area contributed by atoms with Gasteiger partial charge in [-0.2, -0.15) is 13.2 Å². The first-order chi connectivity index (χ1) is 17.1. The summed E-state index contributed by atoms with van der Waals surface area (Å²) in [4.78, 5) is 12.1. The summed E-state index contributed by atoms with van der Waals surface area (Å²) in [6, 6.07) is 10.5. The number of alkyl halides is 3. The van der Waals surface area contributed by atoms with E-state index in [0.717, 1.165) is 35.8 Å². The van der Waals surface area contributed by atoms with E-state index in [1.54, 1.807) is 24.3 Å². The quantitative estimate of drug-likeness (QED) is 0.549. The van der Waals surface area contributed by atoms with E-state index in [4.69, 9.17) is 0 Å². The molecule has 11 heteroatoms. The smallest absolute Gasteiger partial charge is 0.369 e. The first-order valence-corrected chi connectivity index (χ1v) is 13.2. The van der Waals surface area contributed by atoms with Crippen LogP contribution < -0.4 is 9.62 Å². The summed E-state index contributed by atoms with van der Waals surface area (Å²) in [5, 5.41) is 0. The Labute approximate surface area is 208 Å². The molecule has 1 aliphatic carbocycles. The van der Waals surface area contributed by atoms with Crippen LogP contribution in [0.15, 0.2) is 59.8 Å². The van der Waals surface area contributed by atoms with Gasteiger partial charge in [0.2, 0.25) is 5.95 Å². The van der Waals surface area contributed by atoms with Gasteiger partial charge in [-0.3, -0.25) is 0 Å². The summed E-state index contributed by atoms with van der Waals surface area (Å²) < 4.78 is 68.8. The van der Waals surface area contributed by atoms with E-state index in [2.05, 4.69) is 19.6 Å². The molecule has 7 nitrogen and oxygen atoms in total. The van der Waals surface area contributed by atoms with E-state index < -0.39 is 21.8 Å². The number of halogens is 3. The zero-order chi connectivity index (χ0) is 25.5. The van der Waals surface area contributed by atoms with Gasteiger partial charge in [-0.1, -0.05) is 12.1 Å². The van der Waals surface area contributed by atoms with Crippen LogP contribution >= 0.6 is 0 Å². The summed E-state index contributed by atoms with van der Waals surface area (Å²) >= 11 is 0. The van der Waals surface area contributed by atoms with E-state index in [1.165, 1.54) is 24.5 Å². The molecule has 190 valence electrons. The second-order valence-corrected chi connectivity index (χ2v) is 10.9. The van der Waals surface area contributed by atoms with E-state index >= 15 is 0 Å². The number of piperazine rings is 1. The average molecular weight is 518 g/mol. The Hall–Kier alpha value is -3.18. The molecule has 0 saturated carbocycles. The van der Waals surface area contributed by atoms with Crippen molar-refractivity contribution < 1.29 is 21.6 Å². The van der Waals surface area contributed by atoms with Crippen LogP contribution in [0.4, 0.5) is 24.8 Å². The zero-order valence-corrected chi connectivity index (χ0v) is 20.5. The lowest BCUT2D eigenvalue weighted by Crippen LogP contribution is -2.45. The molecule has 36 heavy (non-hydrogen) atoms. The number of aryl methyl sites for hydroxylation is 1. The molecule has 1 atom stereocenters. The fourth-order valence-corrected chi connectivity index (χ4v) is 5.96. The van der Waals surface area contributed by atoms with E-state index in [-0.39, 0.29) is 16.8 Å². The van der Waals surface area contributed by atoms with E-state index in [9.17, 15) is 21.6 Å². The van der Waals surface area contributed by atoms with Crippen molar-refractivity contribution >= 4 is 21.7 Å². The SMILES string of the molecule is CN1CCN(c2cc(C(F)(F)F)ccc2[C@H]2CCc3cc(S(=O)(=O)Nc4ncccn4)ccc32)CC1. The number of aromatic nitrogens is 2. The third-order valence-electron chi connectivity index (χ3n) is 6.87. The normalized spacial score (nSPS) is 18.8. The third kappa shape index (κ3) is 4.90. The summed E-state index contributed by atoms with van der Waals surface area (Å²) in [5.74, 6) is -0.128. The predicted octanol–water partition coefficient (Wildman–Crippen LogP) is 4.13. The lowest BCUT2D eigenvalue weighted by Gasteiger charge is -2.36. The van der Waals surface area contributed by atoms with Gasteiger partial charge in [0.15, 0.2) is 0 Å². The maximum Gasteiger partial charge on any atom is 0.416 e. The van der Waals surface area contributed by atoms with Crippen molar-refractivity contribution in [1.29, 1.82) is 0 Å². The Kier molecular flexibility index (Phi) is 6.37. The van der Waals surface area contributed by atoms with Crippen LogP contribution in [0, 0.1) is 0 Å². The summed E-state index contributed by atoms with van der Waals surface area (Å²) in [6.07, 6.45) is -0.207. The van der Waals surface area contributed by atoms with Crippen LogP contribution in [0.2, 0.25) is 0 Å². The molecule has 1 fully saturated rings. The Morgan fingerprint density at radius 3 is 2.36 bits per heavy atom. The van der Waals surface area contributed by atoms with Crippen LogP contribution in [0.25, 0.3) is 0 Å². The number of likely N-dealkylation sites (N-methyl/N-ethyl adjacent to an activating group) is 1. The molecule has 0 spiro atoms. The maximum atomic E-state index is 13.6. The zero-order valence-electron chi connectivity index (χ0n) is 19.7. The van der Waals surface area contributed by atoms with Crippen molar-refractivity contribution in [3.05, 3.63) is 77.1 Å². The minimum atomic E-state index is -4.42. The van der Waals surface area contributed by atoms with E-state index in [1.807, 2.05) is 11.9 Å². The van der Waals surface area contributed by atoms with Gasteiger partial charge in [-0.25, -0.2) is 23.1 Å². The van der Waals surface area contributed by atoms with Crippen molar-refractivity contribution in [3.8, 4) is 0 Å². The maximum absolute atomic E-state index is 13.6. The molecule has 2 aliphatic rings. The van der Waals surface area contributed by atoms with Crippen LogP contribution in [-0.2, 0) is 22.6 Å². The molecular weight excluding hydrogens is 491 g/mol. The largest absolute Gasteiger partial charge is 0.416 e. The highest BCUT2D eigenvalue weighted by atomic mass is 32.2. The van der Waals surface area contributed by atoms with E-state index in [0.29, 0.717) is 31.6 Å². The Balaban J connectivity index is 1.48. The van der Waals surface area contributed by atoms with Gasteiger partial charge in [0.05, 0.1) is 10.5 Å². The van der Waals surface area contributed by atoms with Gasteiger partial charge < -0.3 is 9.80 Å². The second kappa shape index (κ2) is 9.36. The molecular formula is C25H26F3N5O2S. The number of fused-ring (bicyclic) bond motifs is 1. The number of nitrogens with one attached hydrogen (secondary N) is 1. The van der Waals surface area contributed by atoms with Gasteiger partial charge in [0.25, 0.3) is 10.0 Å². The molecule has 0 amide bonds. The van der Waals surface area contributed by atoms with Crippen molar-refractivity contribution in [2.24, 2.45) is 0 Å². The highest BCUT2D eigenvalue weighted by Gasteiger charge is 2.34. The molecule has 0 unspecified atom stereocenters. The minimum Gasteiger partial charge on any atom is -0.369 e. The lowest BCUT2D eigenvalue weighted by molar-refractivity contribution is -0.137. The monoisotopic (exact) mass is 517 g/mol. The molecule has 1 saturated heterocycles. The number of benzene rings is 2. The fraction of sp³-hybridized carbons (Fsp3) is 0.360.